The SMILES string of the molecule is NC(=O)c1cccc(-c2ccc(OCCNCc3cc(F)cc(F)c3)cc2)c1.O=C(O)C(F)(F)F. The quantitative estimate of drug-likeness (QED) is 0.314. The summed E-state index contributed by atoms with van der Waals surface area (Å²) in [6.07, 6.45) is -5.08. The van der Waals surface area contributed by atoms with Gasteiger partial charge in [0.2, 0.25) is 5.91 Å². The van der Waals surface area contributed by atoms with Gasteiger partial charge in [0.25, 0.3) is 0 Å². The lowest BCUT2D eigenvalue weighted by Gasteiger charge is -2.09. The van der Waals surface area contributed by atoms with Gasteiger partial charge in [-0.2, -0.15) is 13.2 Å². The molecule has 35 heavy (non-hydrogen) atoms. The van der Waals surface area contributed by atoms with E-state index in [0.717, 1.165) is 17.2 Å². The van der Waals surface area contributed by atoms with E-state index < -0.39 is 29.7 Å². The molecule has 0 bridgehead atoms. The number of carbonyl (C=O) groups excluding carboxylic acids is 1. The Kier molecular flexibility index (Phi) is 9.71. The van der Waals surface area contributed by atoms with Crippen LogP contribution in [0.4, 0.5) is 22.0 Å². The molecule has 0 radical (unpaired) electrons. The maximum Gasteiger partial charge on any atom is 0.490 e. The second kappa shape index (κ2) is 12.5. The number of halogens is 5. The fourth-order valence-corrected chi connectivity index (χ4v) is 2.78. The van der Waals surface area contributed by atoms with Gasteiger partial charge in [0.1, 0.15) is 24.0 Å². The van der Waals surface area contributed by atoms with E-state index in [9.17, 15) is 26.7 Å². The number of carboxylic acid groups (broad SMARTS) is 1. The number of aliphatic carboxylic acids is 1. The Bertz CT molecular complexity index is 1130. The number of carboxylic acids is 1. The van der Waals surface area contributed by atoms with Crippen LogP contribution in [-0.4, -0.2) is 36.3 Å². The second-order valence-corrected chi connectivity index (χ2v) is 7.08. The molecule has 6 nitrogen and oxygen atoms in total. The predicted octanol–water partition coefficient (Wildman–Crippen LogP) is 4.53. The van der Waals surface area contributed by atoms with Crippen LogP contribution in [0.2, 0.25) is 0 Å². The number of carbonyl (C=O) groups is 2. The zero-order valence-electron chi connectivity index (χ0n) is 18.1. The Morgan fingerprint density at radius 1 is 0.914 bits per heavy atom. The molecule has 3 rings (SSSR count). The first-order valence-corrected chi connectivity index (χ1v) is 10.0. The van der Waals surface area contributed by atoms with Gasteiger partial charge in [0.15, 0.2) is 0 Å². The number of alkyl halides is 3. The number of rotatable bonds is 8. The molecular formula is C24H21F5N2O4. The van der Waals surface area contributed by atoms with Crippen LogP contribution in [0, 0.1) is 11.6 Å². The number of hydrogen-bond donors (Lipinski definition) is 3. The molecule has 11 heteroatoms. The molecule has 0 fully saturated rings. The fourth-order valence-electron chi connectivity index (χ4n) is 2.78. The van der Waals surface area contributed by atoms with Crippen LogP contribution in [0.15, 0.2) is 66.7 Å². The lowest BCUT2D eigenvalue weighted by Crippen LogP contribution is -2.21. The Hall–Kier alpha value is -3.99. The number of nitrogens with one attached hydrogen (secondary N) is 1. The highest BCUT2D eigenvalue weighted by Gasteiger charge is 2.38. The van der Waals surface area contributed by atoms with Gasteiger partial charge in [0, 0.05) is 24.7 Å². The van der Waals surface area contributed by atoms with Crippen molar-refractivity contribution < 1.29 is 41.4 Å². The van der Waals surface area contributed by atoms with Crippen LogP contribution in [0.25, 0.3) is 11.1 Å². The number of benzene rings is 3. The molecule has 0 heterocycles. The Morgan fingerprint density at radius 3 is 2.06 bits per heavy atom. The van der Waals surface area contributed by atoms with E-state index in [0.29, 0.717) is 36.6 Å². The first-order chi connectivity index (χ1) is 16.5. The van der Waals surface area contributed by atoms with Crippen molar-refractivity contribution in [2.24, 2.45) is 5.73 Å². The molecule has 0 saturated heterocycles. The lowest BCUT2D eigenvalue weighted by atomic mass is 10.0. The molecular weight excluding hydrogens is 475 g/mol. The summed E-state index contributed by atoms with van der Waals surface area (Å²) >= 11 is 0. The first kappa shape index (κ1) is 27.3. The highest BCUT2D eigenvalue weighted by Crippen LogP contribution is 2.23. The molecule has 3 aromatic carbocycles. The van der Waals surface area contributed by atoms with Gasteiger partial charge in [-0.1, -0.05) is 24.3 Å². The van der Waals surface area contributed by atoms with Crippen molar-refractivity contribution >= 4 is 11.9 Å². The van der Waals surface area contributed by atoms with Gasteiger partial charge in [0.05, 0.1) is 0 Å². The van der Waals surface area contributed by atoms with Crippen LogP contribution in [-0.2, 0) is 11.3 Å². The average molecular weight is 496 g/mol. The summed E-state index contributed by atoms with van der Waals surface area (Å²) in [4.78, 5) is 20.2. The normalized spacial score (nSPS) is 10.8. The third-order valence-electron chi connectivity index (χ3n) is 4.38. The van der Waals surface area contributed by atoms with Gasteiger partial charge in [-0.05, 0) is 53.1 Å². The Morgan fingerprint density at radius 2 is 1.51 bits per heavy atom. The molecule has 0 atom stereocenters. The maximum atomic E-state index is 13.1. The minimum atomic E-state index is -5.08. The van der Waals surface area contributed by atoms with Crippen LogP contribution in [0.1, 0.15) is 15.9 Å². The van der Waals surface area contributed by atoms with E-state index >= 15 is 0 Å². The molecule has 0 aliphatic rings. The topological polar surface area (TPSA) is 102 Å². The largest absolute Gasteiger partial charge is 0.492 e. The fraction of sp³-hybridized carbons (Fsp3) is 0.167. The smallest absolute Gasteiger partial charge is 0.490 e. The molecule has 3 aromatic rings. The van der Waals surface area contributed by atoms with Gasteiger partial charge in [-0.15, -0.1) is 0 Å². The summed E-state index contributed by atoms with van der Waals surface area (Å²) in [6, 6.07) is 18.0. The van der Waals surface area contributed by atoms with Crippen LogP contribution in [0.3, 0.4) is 0 Å². The average Bonchev–Trinajstić information content (AvgIpc) is 2.78. The molecule has 0 aromatic heterocycles. The van der Waals surface area contributed by atoms with E-state index in [-0.39, 0.29) is 0 Å². The predicted molar refractivity (Wildman–Crippen MR) is 118 cm³/mol. The van der Waals surface area contributed by atoms with E-state index in [2.05, 4.69) is 5.32 Å². The molecule has 0 saturated carbocycles. The second-order valence-electron chi connectivity index (χ2n) is 7.08. The number of amides is 1. The van der Waals surface area contributed by atoms with Gasteiger partial charge in [-0.25, -0.2) is 13.6 Å². The van der Waals surface area contributed by atoms with Gasteiger partial charge >= 0.3 is 12.1 Å². The third-order valence-corrected chi connectivity index (χ3v) is 4.38. The van der Waals surface area contributed by atoms with E-state index in [4.69, 9.17) is 20.4 Å². The number of ether oxygens (including phenoxy) is 1. The van der Waals surface area contributed by atoms with E-state index in [1.165, 1.54) is 12.1 Å². The van der Waals surface area contributed by atoms with Gasteiger partial charge < -0.3 is 20.9 Å². The minimum absolute atomic E-state index is 0.354. The summed E-state index contributed by atoms with van der Waals surface area (Å²) in [5.74, 6) is -3.69. The lowest BCUT2D eigenvalue weighted by molar-refractivity contribution is -0.192. The molecule has 0 unspecified atom stereocenters. The van der Waals surface area contributed by atoms with Crippen molar-refractivity contribution in [2.75, 3.05) is 13.2 Å². The minimum Gasteiger partial charge on any atom is -0.492 e. The van der Waals surface area contributed by atoms with Crippen molar-refractivity contribution in [3.63, 3.8) is 0 Å². The summed E-state index contributed by atoms with van der Waals surface area (Å²) in [7, 11) is 0. The monoisotopic (exact) mass is 496 g/mol. The van der Waals surface area contributed by atoms with Crippen molar-refractivity contribution in [1.82, 2.24) is 5.32 Å². The Labute approximate surface area is 197 Å². The van der Waals surface area contributed by atoms with Crippen molar-refractivity contribution in [1.29, 1.82) is 0 Å². The molecule has 0 spiro atoms. The molecule has 0 aliphatic heterocycles. The van der Waals surface area contributed by atoms with Gasteiger partial charge in [-0.3, -0.25) is 4.79 Å². The summed E-state index contributed by atoms with van der Waals surface area (Å²) < 4.78 is 63.6. The highest BCUT2D eigenvalue weighted by molar-refractivity contribution is 5.94. The zero-order chi connectivity index (χ0) is 26.0. The summed E-state index contributed by atoms with van der Waals surface area (Å²) in [6.45, 7) is 1.29. The summed E-state index contributed by atoms with van der Waals surface area (Å²) in [5, 5.41) is 10.2. The van der Waals surface area contributed by atoms with Crippen molar-refractivity contribution in [2.45, 2.75) is 12.7 Å². The molecule has 0 aliphatic carbocycles. The molecule has 4 N–H and O–H groups in total. The third kappa shape index (κ3) is 9.41. The first-order valence-electron chi connectivity index (χ1n) is 10.0. The van der Waals surface area contributed by atoms with Crippen molar-refractivity contribution in [3.05, 3.63) is 89.5 Å². The number of primary amides is 1. The number of hydrogen-bond acceptors (Lipinski definition) is 4. The maximum absolute atomic E-state index is 13.1. The number of nitrogens with two attached hydrogens (primary N) is 1. The van der Waals surface area contributed by atoms with Crippen LogP contribution < -0.4 is 15.8 Å². The van der Waals surface area contributed by atoms with E-state index in [1.54, 1.807) is 18.2 Å². The van der Waals surface area contributed by atoms with Crippen molar-refractivity contribution in [3.8, 4) is 16.9 Å². The summed E-state index contributed by atoms with van der Waals surface area (Å²) in [5.41, 5.74) is 8.16. The molecule has 186 valence electrons. The van der Waals surface area contributed by atoms with Crippen LogP contribution in [0.5, 0.6) is 5.75 Å². The Balaban J connectivity index is 0.000000540. The standard InChI is InChI=1S/C22H20F2N2O2.C2HF3O2/c23-19-10-15(11-20(24)13-19)14-26-8-9-28-21-6-4-16(5-7-21)17-2-1-3-18(12-17)22(25)27;3-2(4,5)1(6)7/h1-7,10-13,26H,8-9,14H2,(H2,25,27);(H,6,7). The van der Waals surface area contributed by atoms with E-state index in [1.807, 2.05) is 30.3 Å². The highest BCUT2D eigenvalue weighted by atomic mass is 19.4. The van der Waals surface area contributed by atoms with Crippen LogP contribution >= 0.6 is 0 Å². The zero-order valence-corrected chi connectivity index (χ0v) is 18.1. The molecule has 1 amide bonds.